The zero-order valence-corrected chi connectivity index (χ0v) is 8.48. The Morgan fingerprint density at radius 3 is 2.71 bits per heavy atom. The monoisotopic (exact) mass is 198 g/mol. The molecule has 2 aliphatic rings. The van der Waals surface area contributed by atoms with Crippen LogP contribution in [0.2, 0.25) is 0 Å². The second-order valence-corrected chi connectivity index (χ2v) is 4.26. The standard InChI is InChI=1S/C10H14O4/c1-5-4-6(11)7(12)9-8(5)13-10(2,3)14-9/h4,7-9,12H,1-3H3/t7-,8-,9+/m1/s1. The molecule has 0 aromatic carbocycles. The second-order valence-electron chi connectivity index (χ2n) is 4.26. The summed E-state index contributed by atoms with van der Waals surface area (Å²) in [7, 11) is 0. The molecule has 1 fully saturated rings. The fraction of sp³-hybridized carbons (Fsp3) is 0.700. The number of ketones is 1. The van der Waals surface area contributed by atoms with Crippen molar-refractivity contribution in [2.75, 3.05) is 0 Å². The maximum absolute atomic E-state index is 11.3. The summed E-state index contributed by atoms with van der Waals surface area (Å²) in [6, 6.07) is 0. The molecule has 0 bridgehead atoms. The minimum absolute atomic E-state index is 0.294. The molecular formula is C10H14O4. The first-order chi connectivity index (χ1) is 6.41. The maximum atomic E-state index is 11.3. The Morgan fingerprint density at radius 2 is 2.07 bits per heavy atom. The summed E-state index contributed by atoms with van der Waals surface area (Å²) in [5, 5.41) is 9.60. The third-order valence-corrected chi connectivity index (χ3v) is 2.55. The minimum atomic E-state index is -1.09. The van der Waals surface area contributed by atoms with E-state index in [4.69, 9.17) is 9.47 Å². The molecule has 1 saturated heterocycles. The first-order valence-electron chi connectivity index (χ1n) is 4.66. The van der Waals surface area contributed by atoms with Gasteiger partial charge in [-0.1, -0.05) is 0 Å². The van der Waals surface area contributed by atoms with Gasteiger partial charge in [-0.3, -0.25) is 4.79 Å². The normalized spacial score (nSPS) is 40.7. The first kappa shape index (κ1) is 9.83. The van der Waals surface area contributed by atoms with E-state index in [2.05, 4.69) is 0 Å². The predicted octanol–water partition coefficient (Wildman–Crippen LogP) is 0.396. The zero-order chi connectivity index (χ0) is 10.5. The number of hydrogen-bond donors (Lipinski definition) is 1. The molecule has 4 nitrogen and oxygen atoms in total. The van der Waals surface area contributed by atoms with E-state index in [1.54, 1.807) is 13.8 Å². The molecule has 3 atom stereocenters. The molecule has 0 radical (unpaired) electrons. The van der Waals surface area contributed by atoms with Crippen LogP contribution in [-0.4, -0.2) is 35.0 Å². The van der Waals surface area contributed by atoms with Crippen LogP contribution in [0, 0.1) is 0 Å². The number of carbonyl (C=O) groups excluding carboxylic acids is 1. The van der Waals surface area contributed by atoms with Crippen molar-refractivity contribution in [3.63, 3.8) is 0 Å². The SMILES string of the molecule is CC1=CC(=O)[C@@H](O)[C@@H]2OC(C)(C)O[C@H]12. The molecule has 0 saturated carbocycles. The molecule has 1 aliphatic carbocycles. The Morgan fingerprint density at radius 1 is 1.43 bits per heavy atom. The highest BCUT2D eigenvalue weighted by atomic mass is 16.8. The lowest BCUT2D eigenvalue weighted by molar-refractivity contribution is -0.156. The Bertz CT molecular complexity index is 305. The Balaban J connectivity index is 2.32. The van der Waals surface area contributed by atoms with Crippen molar-refractivity contribution in [3.05, 3.63) is 11.6 Å². The van der Waals surface area contributed by atoms with Crippen molar-refractivity contribution in [1.29, 1.82) is 0 Å². The highest BCUT2D eigenvalue weighted by Gasteiger charge is 2.49. The van der Waals surface area contributed by atoms with E-state index in [1.165, 1.54) is 6.08 Å². The van der Waals surface area contributed by atoms with Crippen LogP contribution in [0.25, 0.3) is 0 Å². The molecule has 0 spiro atoms. The largest absolute Gasteiger partial charge is 0.382 e. The van der Waals surface area contributed by atoms with Gasteiger partial charge in [0.25, 0.3) is 0 Å². The highest BCUT2D eigenvalue weighted by Crippen LogP contribution is 2.36. The van der Waals surface area contributed by atoms with Gasteiger partial charge in [0, 0.05) is 0 Å². The number of rotatable bonds is 0. The Labute approximate surface area is 82.5 Å². The van der Waals surface area contributed by atoms with E-state index in [0.717, 1.165) is 5.57 Å². The zero-order valence-electron chi connectivity index (χ0n) is 8.48. The number of carbonyl (C=O) groups is 1. The maximum Gasteiger partial charge on any atom is 0.186 e. The van der Waals surface area contributed by atoms with Gasteiger partial charge in [-0.15, -0.1) is 0 Å². The molecule has 1 aliphatic heterocycles. The smallest absolute Gasteiger partial charge is 0.186 e. The number of aliphatic hydroxyl groups is 1. The number of aliphatic hydroxyl groups excluding tert-OH is 1. The minimum Gasteiger partial charge on any atom is -0.382 e. The third kappa shape index (κ3) is 1.39. The Hall–Kier alpha value is -0.710. The second kappa shape index (κ2) is 2.89. The van der Waals surface area contributed by atoms with Crippen molar-refractivity contribution >= 4 is 5.78 Å². The fourth-order valence-corrected chi connectivity index (χ4v) is 1.93. The fourth-order valence-electron chi connectivity index (χ4n) is 1.93. The summed E-state index contributed by atoms with van der Waals surface area (Å²) in [6.45, 7) is 5.36. The topological polar surface area (TPSA) is 55.8 Å². The van der Waals surface area contributed by atoms with Crippen LogP contribution in [0.1, 0.15) is 20.8 Å². The van der Waals surface area contributed by atoms with Gasteiger partial charge in [0.15, 0.2) is 11.6 Å². The average Bonchev–Trinajstić information content (AvgIpc) is 2.38. The lowest BCUT2D eigenvalue weighted by Crippen LogP contribution is -2.44. The molecule has 0 amide bonds. The summed E-state index contributed by atoms with van der Waals surface area (Å²) >= 11 is 0. The van der Waals surface area contributed by atoms with Gasteiger partial charge in [0.2, 0.25) is 0 Å². The molecule has 1 heterocycles. The summed E-state index contributed by atoms with van der Waals surface area (Å²) in [6.07, 6.45) is -0.512. The molecule has 4 heteroatoms. The van der Waals surface area contributed by atoms with Crippen LogP contribution < -0.4 is 0 Å². The third-order valence-electron chi connectivity index (χ3n) is 2.55. The number of fused-ring (bicyclic) bond motifs is 1. The van der Waals surface area contributed by atoms with Crippen LogP contribution in [0.5, 0.6) is 0 Å². The molecule has 0 aromatic heterocycles. The summed E-state index contributed by atoms with van der Waals surface area (Å²) in [5.74, 6) is -1.03. The molecule has 0 aromatic rings. The van der Waals surface area contributed by atoms with Gasteiger partial charge in [0.1, 0.15) is 18.3 Å². The molecule has 14 heavy (non-hydrogen) atoms. The average molecular weight is 198 g/mol. The van der Waals surface area contributed by atoms with Gasteiger partial charge in [0.05, 0.1) is 0 Å². The van der Waals surface area contributed by atoms with Crippen LogP contribution in [0.4, 0.5) is 0 Å². The van der Waals surface area contributed by atoms with Crippen LogP contribution in [0.3, 0.4) is 0 Å². The van der Waals surface area contributed by atoms with Crippen LogP contribution in [-0.2, 0) is 14.3 Å². The highest BCUT2D eigenvalue weighted by molar-refractivity contribution is 5.95. The Kier molecular flexibility index (Phi) is 2.03. The molecule has 78 valence electrons. The van der Waals surface area contributed by atoms with Gasteiger partial charge >= 0.3 is 0 Å². The van der Waals surface area contributed by atoms with E-state index in [1.807, 2.05) is 6.92 Å². The first-order valence-corrected chi connectivity index (χ1v) is 4.66. The lowest BCUT2D eigenvalue weighted by Gasteiger charge is -2.25. The van der Waals surface area contributed by atoms with Crippen molar-refractivity contribution in [3.8, 4) is 0 Å². The lowest BCUT2D eigenvalue weighted by atomic mass is 9.92. The summed E-state index contributed by atoms with van der Waals surface area (Å²) in [4.78, 5) is 11.3. The molecule has 2 rings (SSSR count). The van der Waals surface area contributed by atoms with Gasteiger partial charge in [-0.05, 0) is 32.4 Å². The quantitative estimate of drug-likeness (QED) is 0.612. The van der Waals surface area contributed by atoms with Crippen molar-refractivity contribution in [2.45, 2.75) is 44.9 Å². The van der Waals surface area contributed by atoms with Crippen molar-refractivity contribution < 1.29 is 19.4 Å². The summed E-state index contributed by atoms with van der Waals surface area (Å²) in [5.41, 5.74) is 0.816. The van der Waals surface area contributed by atoms with E-state index < -0.39 is 18.0 Å². The summed E-state index contributed by atoms with van der Waals surface area (Å²) < 4.78 is 11.1. The van der Waals surface area contributed by atoms with Crippen LogP contribution in [0.15, 0.2) is 11.6 Å². The van der Waals surface area contributed by atoms with E-state index in [-0.39, 0.29) is 11.9 Å². The van der Waals surface area contributed by atoms with E-state index in [0.29, 0.717) is 0 Å². The molecular weight excluding hydrogens is 184 g/mol. The van der Waals surface area contributed by atoms with Gasteiger partial charge in [-0.25, -0.2) is 0 Å². The van der Waals surface area contributed by atoms with Crippen LogP contribution >= 0.6 is 0 Å². The van der Waals surface area contributed by atoms with Gasteiger partial charge in [-0.2, -0.15) is 0 Å². The van der Waals surface area contributed by atoms with E-state index in [9.17, 15) is 9.90 Å². The van der Waals surface area contributed by atoms with Gasteiger partial charge < -0.3 is 14.6 Å². The van der Waals surface area contributed by atoms with E-state index >= 15 is 0 Å². The number of ether oxygens (including phenoxy) is 2. The molecule has 0 unspecified atom stereocenters. The number of hydrogen-bond acceptors (Lipinski definition) is 4. The molecule has 1 N–H and O–H groups in total. The predicted molar refractivity (Wildman–Crippen MR) is 48.6 cm³/mol. The van der Waals surface area contributed by atoms with Crippen molar-refractivity contribution in [1.82, 2.24) is 0 Å². The van der Waals surface area contributed by atoms with Crippen molar-refractivity contribution in [2.24, 2.45) is 0 Å².